The Bertz CT molecular complexity index is 963. The predicted molar refractivity (Wildman–Crippen MR) is 104 cm³/mol. The summed E-state index contributed by atoms with van der Waals surface area (Å²) in [6.45, 7) is 5.71. The Balaban J connectivity index is 1.72. The fourth-order valence-electron chi connectivity index (χ4n) is 3.74. The molecule has 1 unspecified atom stereocenters. The zero-order valence-corrected chi connectivity index (χ0v) is 16.0. The quantitative estimate of drug-likeness (QED) is 0.644. The van der Waals surface area contributed by atoms with Gasteiger partial charge < -0.3 is 9.47 Å². The summed E-state index contributed by atoms with van der Waals surface area (Å²) in [6, 6.07) is 14.2. The van der Waals surface area contributed by atoms with Crippen LogP contribution in [0, 0.1) is 6.92 Å². The fraction of sp³-hybridized carbons (Fsp3) is 0.300. The summed E-state index contributed by atoms with van der Waals surface area (Å²) in [5, 5.41) is 0. The number of para-hydroxylation sites is 2. The summed E-state index contributed by atoms with van der Waals surface area (Å²) in [7, 11) is 0. The van der Waals surface area contributed by atoms with E-state index in [0.29, 0.717) is 13.0 Å². The van der Waals surface area contributed by atoms with Crippen molar-refractivity contribution in [1.29, 1.82) is 0 Å². The van der Waals surface area contributed by atoms with Gasteiger partial charge in [0, 0.05) is 35.6 Å². The molecule has 128 valence electrons. The average molecular weight is 398 g/mol. The van der Waals surface area contributed by atoms with Crippen molar-refractivity contribution in [3.63, 3.8) is 0 Å². The smallest absolute Gasteiger partial charge is 0.227 e. The SMILES string of the molecule is CCn1c(C2CC(=O)N(c3cccc(Br)c3C)C2)nc2ccccc21. The molecule has 1 aliphatic rings. The van der Waals surface area contributed by atoms with Gasteiger partial charge in [-0.2, -0.15) is 0 Å². The molecule has 5 heteroatoms. The van der Waals surface area contributed by atoms with Crippen molar-refractivity contribution < 1.29 is 4.79 Å². The second kappa shape index (κ2) is 6.30. The molecule has 4 rings (SSSR count). The Morgan fingerprint density at radius 1 is 1.20 bits per heavy atom. The van der Waals surface area contributed by atoms with Crippen LogP contribution in [-0.4, -0.2) is 22.0 Å². The normalized spacial score (nSPS) is 17.6. The maximum absolute atomic E-state index is 12.7. The maximum Gasteiger partial charge on any atom is 0.227 e. The Hall–Kier alpha value is -2.14. The lowest BCUT2D eigenvalue weighted by atomic mass is 10.1. The van der Waals surface area contributed by atoms with E-state index in [1.807, 2.05) is 48.2 Å². The van der Waals surface area contributed by atoms with Crippen LogP contribution in [0.3, 0.4) is 0 Å². The number of hydrogen-bond donors (Lipinski definition) is 0. The molecule has 0 radical (unpaired) electrons. The first-order valence-corrected chi connectivity index (χ1v) is 9.40. The van der Waals surface area contributed by atoms with E-state index < -0.39 is 0 Å². The number of aromatic nitrogens is 2. The summed E-state index contributed by atoms with van der Waals surface area (Å²) in [4.78, 5) is 19.5. The van der Waals surface area contributed by atoms with Gasteiger partial charge in [0.1, 0.15) is 5.82 Å². The van der Waals surface area contributed by atoms with Gasteiger partial charge in [-0.1, -0.05) is 34.1 Å². The minimum absolute atomic E-state index is 0.123. The summed E-state index contributed by atoms with van der Waals surface area (Å²) in [6.07, 6.45) is 0.509. The third-order valence-electron chi connectivity index (χ3n) is 5.02. The molecule has 1 amide bonds. The highest BCUT2D eigenvalue weighted by Crippen LogP contribution is 2.36. The second-order valence-corrected chi connectivity index (χ2v) is 7.35. The highest BCUT2D eigenvalue weighted by atomic mass is 79.9. The average Bonchev–Trinajstić information content (AvgIpc) is 3.17. The van der Waals surface area contributed by atoms with Crippen LogP contribution in [0.1, 0.15) is 30.7 Å². The number of fused-ring (bicyclic) bond motifs is 1. The van der Waals surface area contributed by atoms with Crippen LogP contribution in [0.4, 0.5) is 5.69 Å². The van der Waals surface area contributed by atoms with Crippen LogP contribution < -0.4 is 4.90 Å². The molecule has 2 heterocycles. The molecule has 0 spiro atoms. The van der Waals surface area contributed by atoms with Crippen LogP contribution >= 0.6 is 15.9 Å². The molecule has 0 N–H and O–H groups in total. The van der Waals surface area contributed by atoms with Gasteiger partial charge in [-0.3, -0.25) is 4.79 Å². The third kappa shape index (κ3) is 2.67. The van der Waals surface area contributed by atoms with Crippen molar-refractivity contribution in [1.82, 2.24) is 9.55 Å². The van der Waals surface area contributed by atoms with Crippen LogP contribution in [0.25, 0.3) is 11.0 Å². The lowest BCUT2D eigenvalue weighted by Crippen LogP contribution is -2.25. The molecule has 4 nitrogen and oxygen atoms in total. The number of carbonyl (C=O) groups excluding carboxylic acids is 1. The van der Waals surface area contributed by atoms with E-state index in [2.05, 4.69) is 33.5 Å². The molecule has 2 aromatic carbocycles. The van der Waals surface area contributed by atoms with Gasteiger partial charge in [0.2, 0.25) is 5.91 Å². The van der Waals surface area contributed by atoms with Crippen LogP contribution in [0.2, 0.25) is 0 Å². The lowest BCUT2D eigenvalue weighted by molar-refractivity contribution is -0.117. The number of nitrogens with zero attached hydrogens (tertiary/aromatic N) is 3. The number of halogens is 1. The molecule has 0 aliphatic carbocycles. The first-order chi connectivity index (χ1) is 12.1. The lowest BCUT2D eigenvalue weighted by Gasteiger charge is -2.20. The van der Waals surface area contributed by atoms with E-state index in [9.17, 15) is 4.79 Å². The zero-order valence-electron chi connectivity index (χ0n) is 14.4. The molecule has 1 saturated heterocycles. The van der Waals surface area contributed by atoms with Crippen molar-refractivity contribution in [2.75, 3.05) is 11.4 Å². The largest absolute Gasteiger partial charge is 0.328 e. The first-order valence-electron chi connectivity index (χ1n) is 8.60. The van der Waals surface area contributed by atoms with E-state index in [1.165, 1.54) is 0 Å². The van der Waals surface area contributed by atoms with Gasteiger partial charge in [0.15, 0.2) is 0 Å². The van der Waals surface area contributed by atoms with Crippen molar-refractivity contribution in [3.8, 4) is 0 Å². The zero-order chi connectivity index (χ0) is 17.6. The van der Waals surface area contributed by atoms with Crippen LogP contribution in [-0.2, 0) is 11.3 Å². The number of amides is 1. The Labute approximate surface area is 155 Å². The van der Waals surface area contributed by atoms with Gasteiger partial charge >= 0.3 is 0 Å². The van der Waals surface area contributed by atoms with E-state index in [1.54, 1.807) is 0 Å². The molecule has 1 aliphatic heterocycles. The second-order valence-electron chi connectivity index (χ2n) is 6.49. The Morgan fingerprint density at radius 2 is 2.00 bits per heavy atom. The summed E-state index contributed by atoms with van der Waals surface area (Å²) in [5.41, 5.74) is 4.23. The van der Waals surface area contributed by atoms with Crippen LogP contribution in [0.5, 0.6) is 0 Å². The fourth-order valence-corrected chi connectivity index (χ4v) is 4.10. The number of imidazole rings is 1. The van der Waals surface area contributed by atoms with Gasteiger partial charge in [-0.25, -0.2) is 4.98 Å². The molecule has 0 saturated carbocycles. The summed E-state index contributed by atoms with van der Waals surface area (Å²) in [5.74, 6) is 1.31. The van der Waals surface area contributed by atoms with E-state index in [0.717, 1.165) is 39.1 Å². The highest BCUT2D eigenvalue weighted by molar-refractivity contribution is 9.10. The minimum Gasteiger partial charge on any atom is -0.328 e. The minimum atomic E-state index is 0.123. The van der Waals surface area contributed by atoms with Crippen molar-refractivity contribution >= 4 is 38.6 Å². The van der Waals surface area contributed by atoms with Crippen molar-refractivity contribution in [3.05, 3.63) is 58.3 Å². The molecule has 25 heavy (non-hydrogen) atoms. The van der Waals surface area contributed by atoms with Crippen molar-refractivity contribution in [2.45, 2.75) is 32.7 Å². The van der Waals surface area contributed by atoms with Gasteiger partial charge in [-0.05, 0) is 43.7 Å². The molecule has 1 fully saturated rings. The molecule has 1 atom stereocenters. The highest BCUT2D eigenvalue weighted by Gasteiger charge is 2.35. The van der Waals surface area contributed by atoms with E-state index >= 15 is 0 Å². The van der Waals surface area contributed by atoms with Crippen LogP contribution in [0.15, 0.2) is 46.9 Å². The van der Waals surface area contributed by atoms with Gasteiger partial charge in [0.25, 0.3) is 0 Å². The van der Waals surface area contributed by atoms with Crippen molar-refractivity contribution in [2.24, 2.45) is 0 Å². The number of hydrogen-bond acceptors (Lipinski definition) is 2. The molecular weight excluding hydrogens is 378 g/mol. The van der Waals surface area contributed by atoms with Gasteiger partial charge in [-0.15, -0.1) is 0 Å². The third-order valence-corrected chi connectivity index (χ3v) is 5.88. The number of rotatable bonds is 3. The maximum atomic E-state index is 12.7. The molecule has 0 bridgehead atoms. The van der Waals surface area contributed by atoms with Gasteiger partial charge in [0.05, 0.1) is 11.0 Å². The molecule has 1 aromatic heterocycles. The molecular formula is C20H20BrN3O. The standard InChI is InChI=1S/C20H20BrN3O/c1-3-23-18-9-5-4-8-16(18)22-20(23)14-11-19(25)24(12-14)17-10-6-7-15(21)13(17)2/h4-10,14H,3,11-12H2,1-2H3. The predicted octanol–water partition coefficient (Wildman–Crippen LogP) is 4.65. The topological polar surface area (TPSA) is 38.1 Å². The molecule has 3 aromatic rings. The Kier molecular flexibility index (Phi) is 4.12. The first kappa shape index (κ1) is 16.3. The number of benzene rings is 2. The monoisotopic (exact) mass is 397 g/mol. The van der Waals surface area contributed by atoms with E-state index in [-0.39, 0.29) is 11.8 Å². The summed E-state index contributed by atoms with van der Waals surface area (Å²) >= 11 is 3.56. The summed E-state index contributed by atoms with van der Waals surface area (Å²) < 4.78 is 3.27. The Morgan fingerprint density at radius 3 is 2.80 bits per heavy atom. The number of carbonyl (C=O) groups is 1. The van der Waals surface area contributed by atoms with E-state index in [4.69, 9.17) is 4.98 Å². The number of anilines is 1. The number of aryl methyl sites for hydroxylation is 1.